The standard InChI is InChI=1S/C27H40N4O3/c1-20(2)28-14-16-29(17-15-28)25(32)23-6-7-24-22(18-23)10-13-31(24)19-21-8-11-30(12-9-21)26(33)34-27(3,4)5/h6-7,10,13,18,20-21H,8-9,11-12,14-17,19H2,1-5H3. The fourth-order valence-electron chi connectivity index (χ4n) is 5.02. The van der Waals surface area contributed by atoms with Crippen LogP contribution in [0.1, 0.15) is 57.8 Å². The molecule has 0 saturated carbocycles. The van der Waals surface area contributed by atoms with Gasteiger partial charge >= 0.3 is 6.09 Å². The Morgan fingerprint density at radius 1 is 0.971 bits per heavy atom. The van der Waals surface area contributed by atoms with E-state index in [1.165, 1.54) is 0 Å². The molecule has 1 aromatic heterocycles. The van der Waals surface area contributed by atoms with Crippen molar-refractivity contribution in [1.82, 2.24) is 19.3 Å². The van der Waals surface area contributed by atoms with E-state index in [4.69, 9.17) is 4.74 Å². The molecule has 3 heterocycles. The summed E-state index contributed by atoms with van der Waals surface area (Å²) in [5, 5.41) is 1.11. The number of rotatable bonds is 4. The quantitative estimate of drug-likeness (QED) is 0.665. The fraction of sp³-hybridized carbons (Fsp3) is 0.630. The molecule has 7 nitrogen and oxygen atoms in total. The van der Waals surface area contributed by atoms with Gasteiger partial charge in [-0.1, -0.05) is 0 Å². The van der Waals surface area contributed by atoms with E-state index in [1.807, 2.05) is 42.7 Å². The van der Waals surface area contributed by atoms with E-state index in [1.54, 1.807) is 0 Å². The Labute approximate surface area is 203 Å². The van der Waals surface area contributed by atoms with Crippen LogP contribution in [0.5, 0.6) is 0 Å². The first kappa shape index (κ1) is 24.6. The van der Waals surface area contributed by atoms with Crippen molar-refractivity contribution < 1.29 is 14.3 Å². The van der Waals surface area contributed by atoms with E-state index >= 15 is 0 Å². The van der Waals surface area contributed by atoms with Crippen LogP contribution in [0.3, 0.4) is 0 Å². The van der Waals surface area contributed by atoms with Crippen LogP contribution in [0.15, 0.2) is 30.5 Å². The highest BCUT2D eigenvalue weighted by Gasteiger charge is 2.27. The topological polar surface area (TPSA) is 58.0 Å². The van der Waals surface area contributed by atoms with E-state index < -0.39 is 5.60 Å². The molecule has 2 fully saturated rings. The molecule has 0 radical (unpaired) electrons. The monoisotopic (exact) mass is 468 g/mol. The number of carbonyl (C=O) groups is 2. The third-order valence-electron chi connectivity index (χ3n) is 7.07. The highest BCUT2D eigenvalue weighted by molar-refractivity contribution is 5.98. The average molecular weight is 469 g/mol. The number of aromatic nitrogens is 1. The number of fused-ring (bicyclic) bond motifs is 1. The maximum Gasteiger partial charge on any atom is 0.410 e. The van der Waals surface area contributed by atoms with Gasteiger partial charge in [-0.15, -0.1) is 0 Å². The minimum Gasteiger partial charge on any atom is -0.444 e. The van der Waals surface area contributed by atoms with Crippen LogP contribution in [0.2, 0.25) is 0 Å². The molecule has 34 heavy (non-hydrogen) atoms. The number of piperidine rings is 1. The van der Waals surface area contributed by atoms with Gasteiger partial charge in [0.15, 0.2) is 0 Å². The summed E-state index contributed by atoms with van der Waals surface area (Å²) in [5.41, 5.74) is 1.48. The van der Waals surface area contributed by atoms with Crippen LogP contribution in [0.4, 0.5) is 4.79 Å². The number of piperazine rings is 1. The highest BCUT2D eigenvalue weighted by atomic mass is 16.6. The Hall–Kier alpha value is -2.54. The molecule has 2 aliphatic heterocycles. The number of likely N-dealkylation sites (tertiary alicyclic amines) is 1. The van der Waals surface area contributed by atoms with Crippen LogP contribution in [0, 0.1) is 5.92 Å². The highest BCUT2D eigenvalue weighted by Crippen LogP contribution is 2.25. The van der Waals surface area contributed by atoms with Crippen molar-refractivity contribution in [3.63, 3.8) is 0 Å². The van der Waals surface area contributed by atoms with Crippen molar-refractivity contribution >= 4 is 22.9 Å². The van der Waals surface area contributed by atoms with Crippen molar-refractivity contribution in [3.8, 4) is 0 Å². The van der Waals surface area contributed by atoms with Crippen molar-refractivity contribution in [1.29, 1.82) is 0 Å². The molecule has 186 valence electrons. The van der Waals surface area contributed by atoms with Gasteiger partial charge in [-0.2, -0.15) is 0 Å². The number of ether oxygens (including phenoxy) is 1. The second kappa shape index (κ2) is 9.98. The molecule has 0 N–H and O–H groups in total. The summed E-state index contributed by atoms with van der Waals surface area (Å²) in [6, 6.07) is 8.73. The first-order valence-corrected chi connectivity index (χ1v) is 12.7. The molecule has 0 spiro atoms. The van der Waals surface area contributed by atoms with Gasteiger partial charge in [0.2, 0.25) is 0 Å². The van der Waals surface area contributed by atoms with E-state index in [2.05, 4.69) is 41.6 Å². The summed E-state index contributed by atoms with van der Waals surface area (Å²) in [6.07, 6.45) is 3.86. The largest absolute Gasteiger partial charge is 0.444 e. The molecular weight excluding hydrogens is 428 g/mol. The minimum absolute atomic E-state index is 0.132. The molecule has 0 bridgehead atoms. The molecule has 2 aliphatic rings. The predicted molar refractivity (Wildman–Crippen MR) is 135 cm³/mol. The van der Waals surface area contributed by atoms with Gasteiger partial charge in [0.25, 0.3) is 5.91 Å². The molecular formula is C27H40N4O3. The number of nitrogens with zero attached hydrogens (tertiary/aromatic N) is 4. The van der Waals surface area contributed by atoms with Crippen molar-refractivity contribution in [2.45, 2.75) is 65.6 Å². The maximum atomic E-state index is 13.1. The molecule has 0 atom stereocenters. The van der Waals surface area contributed by atoms with E-state index in [0.717, 1.165) is 75.1 Å². The lowest BCUT2D eigenvalue weighted by atomic mass is 9.97. The first-order chi connectivity index (χ1) is 16.1. The van der Waals surface area contributed by atoms with Crippen LogP contribution < -0.4 is 0 Å². The molecule has 7 heteroatoms. The molecule has 0 aliphatic carbocycles. The van der Waals surface area contributed by atoms with Gasteiger partial charge < -0.3 is 19.1 Å². The van der Waals surface area contributed by atoms with Crippen LogP contribution in [-0.4, -0.2) is 82.2 Å². The number of carbonyl (C=O) groups excluding carboxylic acids is 2. The lowest BCUT2D eigenvalue weighted by molar-refractivity contribution is 0.0178. The van der Waals surface area contributed by atoms with Crippen molar-refractivity contribution in [2.75, 3.05) is 39.3 Å². The number of hydrogen-bond donors (Lipinski definition) is 0. The van der Waals surface area contributed by atoms with E-state index in [-0.39, 0.29) is 12.0 Å². The Bertz CT molecular complexity index is 1010. The Morgan fingerprint density at radius 2 is 1.65 bits per heavy atom. The predicted octanol–water partition coefficient (Wildman–Crippen LogP) is 4.45. The smallest absolute Gasteiger partial charge is 0.410 e. The third-order valence-corrected chi connectivity index (χ3v) is 7.07. The fourth-order valence-corrected chi connectivity index (χ4v) is 5.02. The van der Waals surface area contributed by atoms with Gasteiger partial charge in [-0.3, -0.25) is 9.69 Å². The average Bonchev–Trinajstić information content (AvgIpc) is 3.20. The van der Waals surface area contributed by atoms with Gasteiger partial charge in [-0.25, -0.2) is 4.79 Å². The second-order valence-corrected chi connectivity index (χ2v) is 11.1. The molecule has 4 rings (SSSR count). The minimum atomic E-state index is -0.458. The van der Waals surface area contributed by atoms with Gasteiger partial charge in [0.05, 0.1) is 0 Å². The van der Waals surface area contributed by atoms with Crippen LogP contribution in [-0.2, 0) is 11.3 Å². The lowest BCUT2D eigenvalue weighted by Gasteiger charge is -2.37. The zero-order valence-corrected chi connectivity index (χ0v) is 21.4. The molecule has 2 saturated heterocycles. The van der Waals surface area contributed by atoms with Crippen LogP contribution in [0.25, 0.3) is 10.9 Å². The number of hydrogen-bond acceptors (Lipinski definition) is 4. The summed E-state index contributed by atoms with van der Waals surface area (Å²) in [7, 11) is 0. The molecule has 0 unspecified atom stereocenters. The number of benzene rings is 1. The van der Waals surface area contributed by atoms with Crippen molar-refractivity contribution in [2.24, 2.45) is 5.92 Å². The normalized spacial score (nSPS) is 18.6. The van der Waals surface area contributed by atoms with E-state index in [9.17, 15) is 9.59 Å². The summed E-state index contributed by atoms with van der Waals surface area (Å²) in [5.74, 6) is 0.653. The van der Waals surface area contributed by atoms with Gasteiger partial charge in [-0.05, 0) is 77.6 Å². The maximum absolute atomic E-state index is 13.1. The Balaban J connectivity index is 1.34. The van der Waals surface area contributed by atoms with Gasteiger partial charge in [0, 0.05) is 74.5 Å². The zero-order valence-electron chi connectivity index (χ0n) is 21.4. The van der Waals surface area contributed by atoms with Crippen molar-refractivity contribution in [3.05, 3.63) is 36.0 Å². The summed E-state index contributed by atoms with van der Waals surface area (Å²) >= 11 is 0. The zero-order chi connectivity index (χ0) is 24.5. The molecule has 2 aromatic rings. The summed E-state index contributed by atoms with van der Waals surface area (Å²) in [4.78, 5) is 31.6. The van der Waals surface area contributed by atoms with Gasteiger partial charge in [0.1, 0.15) is 5.60 Å². The second-order valence-electron chi connectivity index (χ2n) is 11.1. The summed E-state index contributed by atoms with van der Waals surface area (Å²) in [6.45, 7) is 16.0. The molecule has 2 amide bonds. The summed E-state index contributed by atoms with van der Waals surface area (Å²) < 4.78 is 7.80. The first-order valence-electron chi connectivity index (χ1n) is 12.7. The van der Waals surface area contributed by atoms with E-state index in [0.29, 0.717) is 12.0 Å². The SMILES string of the molecule is CC(C)N1CCN(C(=O)c2ccc3c(ccn3CC3CCN(C(=O)OC(C)(C)C)CC3)c2)CC1. The van der Waals surface area contributed by atoms with Crippen LogP contribution >= 0.6 is 0 Å². The third kappa shape index (κ3) is 5.74. The Morgan fingerprint density at radius 3 is 2.26 bits per heavy atom. The number of amides is 2. The lowest BCUT2D eigenvalue weighted by Crippen LogP contribution is -2.50. The Kier molecular flexibility index (Phi) is 7.22. The molecule has 1 aromatic carbocycles.